The molecular weight excluding hydrogens is 282 g/mol. The van der Waals surface area contributed by atoms with Gasteiger partial charge in [0.05, 0.1) is 6.17 Å². The summed E-state index contributed by atoms with van der Waals surface area (Å²) in [5, 5.41) is 6.43. The minimum atomic E-state index is -0.187. The van der Waals surface area contributed by atoms with Gasteiger partial charge in [-0.25, -0.2) is 0 Å². The van der Waals surface area contributed by atoms with Gasteiger partial charge in [0.2, 0.25) is 0 Å². The number of nitrogens with two attached hydrogens (primary N) is 2. The number of rotatable bonds is 4. The van der Waals surface area contributed by atoms with E-state index in [-0.39, 0.29) is 6.17 Å². The van der Waals surface area contributed by atoms with Gasteiger partial charge in [0.15, 0.2) is 5.96 Å². The fourth-order valence-corrected chi connectivity index (χ4v) is 3.07. The van der Waals surface area contributed by atoms with Gasteiger partial charge in [-0.1, -0.05) is 22.9 Å². The molecule has 4 atom stereocenters. The summed E-state index contributed by atoms with van der Waals surface area (Å²) in [4.78, 5) is 4.49. The first kappa shape index (κ1) is 14.7. The molecule has 6 heteroatoms. The van der Waals surface area contributed by atoms with Crippen molar-refractivity contribution >= 4 is 21.9 Å². The smallest absolute Gasteiger partial charge is 0.189 e. The second-order valence-corrected chi connectivity index (χ2v) is 6.06. The van der Waals surface area contributed by atoms with Gasteiger partial charge >= 0.3 is 0 Å². The normalized spacial score (nSPS) is 32.2. The Kier molecular flexibility index (Phi) is 6.22. The number of nitrogens with one attached hydrogen (secondary N) is 2. The Bertz CT molecular complexity index is 258. The Morgan fingerprint density at radius 1 is 1.53 bits per heavy atom. The lowest BCUT2D eigenvalue weighted by Gasteiger charge is -2.33. The average Bonchev–Trinajstić information content (AvgIpc) is 2.27. The van der Waals surface area contributed by atoms with E-state index in [2.05, 4.69) is 38.5 Å². The number of nitrogens with zero attached hydrogens (tertiary/aromatic N) is 1. The Morgan fingerprint density at radius 3 is 2.82 bits per heavy atom. The quantitative estimate of drug-likeness (QED) is 0.261. The monoisotopic (exact) mass is 305 g/mol. The zero-order valence-electron chi connectivity index (χ0n) is 10.6. The van der Waals surface area contributed by atoms with E-state index in [1.165, 1.54) is 19.3 Å². The lowest BCUT2D eigenvalue weighted by molar-refractivity contribution is 0.282. The molecule has 1 aliphatic carbocycles. The maximum absolute atomic E-state index is 5.90. The Hall–Kier alpha value is -0.330. The van der Waals surface area contributed by atoms with Gasteiger partial charge in [-0.2, -0.15) is 0 Å². The van der Waals surface area contributed by atoms with Crippen molar-refractivity contribution in [3.05, 3.63) is 0 Å². The summed E-state index contributed by atoms with van der Waals surface area (Å²) in [7, 11) is 1.64. The van der Waals surface area contributed by atoms with E-state index in [1.807, 2.05) is 0 Å². The van der Waals surface area contributed by atoms with Crippen LogP contribution in [0.2, 0.25) is 0 Å². The summed E-state index contributed by atoms with van der Waals surface area (Å²) >= 11 is 3.68. The summed E-state index contributed by atoms with van der Waals surface area (Å²) in [6.07, 6.45) is 3.45. The molecule has 100 valence electrons. The minimum absolute atomic E-state index is 0.187. The van der Waals surface area contributed by atoms with Crippen molar-refractivity contribution in [1.29, 1.82) is 0 Å². The van der Waals surface area contributed by atoms with Crippen molar-refractivity contribution in [2.45, 2.75) is 43.2 Å². The van der Waals surface area contributed by atoms with Crippen LogP contribution in [-0.2, 0) is 0 Å². The number of halogens is 1. The van der Waals surface area contributed by atoms with Gasteiger partial charge < -0.3 is 22.1 Å². The summed E-state index contributed by atoms with van der Waals surface area (Å²) in [6, 6.07) is 0.552. The van der Waals surface area contributed by atoms with Crippen molar-refractivity contribution in [2.24, 2.45) is 22.4 Å². The molecule has 1 saturated carbocycles. The van der Waals surface area contributed by atoms with Crippen LogP contribution in [0.25, 0.3) is 0 Å². The predicted octanol–water partition coefficient (Wildman–Crippen LogP) is 0.347. The number of hydrogen-bond donors (Lipinski definition) is 4. The van der Waals surface area contributed by atoms with Gasteiger partial charge in [-0.3, -0.25) is 4.99 Å². The van der Waals surface area contributed by atoms with Crippen LogP contribution in [0.1, 0.15) is 26.2 Å². The van der Waals surface area contributed by atoms with Crippen LogP contribution in [0.5, 0.6) is 0 Å². The highest BCUT2D eigenvalue weighted by Gasteiger charge is 2.25. The Balaban J connectivity index is 2.26. The maximum Gasteiger partial charge on any atom is 0.189 e. The van der Waals surface area contributed by atoms with Gasteiger partial charge in [-0.15, -0.1) is 0 Å². The molecule has 0 amide bonds. The maximum atomic E-state index is 5.90. The van der Waals surface area contributed by atoms with Crippen LogP contribution in [0, 0.1) is 5.92 Å². The van der Waals surface area contributed by atoms with Gasteiger partial charge in [-0.05, 0) is 25.2 Å². The van der Waals surface area contributed by atoms with Crippen molar-refractivity contribution in [1.82, 2.24) is 10.6 Å². The average molecular weight is 306 g/mol. The van der Waals surface area contributed by atoms with E-state index in [0.29, 0.717) is 29.3 Å². The highest BCUT2D eigenvalue weighted by atomic mass is 79.9. The molecule has 0 heterocycles. The van der Waals surface area contributed by atoms with Crippen molar-refractivity contribution in [3.8, 4) is 0 Å². The van der Waals surface area contributed by atoms with Crippen LogP contribution in [0.3, 0.4) is 0 Å². The second-order valence-electron chi connectivity index (χ2n) is 4.76. The molecule has 17 heavy (non-hydrogen) atoms. The fraction of sp³-hybridized carbons (Fsp3) is 0.909. The van der Waals surface area contributed by atoms with E-state index in [4.69, 9.17) is 11.5 Å². The number of aliphatic imine (C=N–C) groups is 1. The highest BCUT2D eigenvalue weighted by molar-refractivity contribution is 9.09. The van der Waals surface area contributed by atoms with Crippen molar-refractivity contribution in [3.63, 3.8) is 0 Å². The van der Waals surface area contributed by atoms with E-state index in [9.17, 15) is 0 Å². The lowest BCUT2D eigenvalue weighted by Crippen LogP contribution is -2.53. The molecule has 0 bridgehead atoms. The van der Waals surface area contributed by atoms with Gasteiger partial charge in [0, 0.05) is 24.5 Å². The van der Waals surface area contributed by atoms with Crippen LogP contribution in [0.4, 0.5) is 0 Å². The fourth-order valence-electron chi connectivity index (χ4n) is 2.22. The van der Waals surface area contributed by atoms with Gasteiger partial charge in [0.1, 0.15) is 0 Å². The molecular formula is C11H24BrN5. The van der Waals surface area contributed by atoms with Gasteiger partial charge in [0.25, 0.3) is 0 Å². The number of guanidine groups is 1. The van der Waals surface area contributed by atoms with E-state index in [0.717, 1.165) is 0 Å². The zero-order chi connectivity index (χ0) is 12.8. The molecule has 0 spiro atoms. The highest BCUT2D eigenvalue weighted by Crippen LogP contribution is 2.28. The van der Waals surface area contributed by atoms with E-state index < -0.39 is 0 Å². The third kappa shape index (κ3) is 5.23. The summed E-state index contributed by atoms with van der Waals surface area (Å²) in [5.41, 5.74) is 11.4. The molecule has 0 aliphatic heterocycles. The molecule has 1 fully saturated rings. The molecule has 3 unspecified atom stereocenters. The molecule has 0 saturated heterocycles. The summed E-state index contributed by atoms with van der Waals surface area (Å²) < 4.78 is 0. The van der Waals surface area contributed by atoms with Crippen LogP contribution < -0.4 is 22.1 Å². The van der Waals surface area contributed by atoms with Crippen LogP contribution >= 0.6 is 15.9 Å². The zero-order valence-corrected chi connectivity index (χ0v) is 12.2. The molecule has 6 N–H and O–H groups in total. The second kappa shape index (κ2) is 7.18. The number of alkyl halides is 1. The number of hydrogen-bond acceptors (Lipinski definition) is 3. The Labute approximate surface area is 112 Å². The molecule has 0 aromatic heterocycles. The standard InChI is InChI=1S/C11H24BrN5/c1-7-5-8(12)3-4-9(7)16-6-10(13)17-11(14)15-2/h7-10,16H,3-6,13H2,1-2H3,(H3,14,15,17)/t7-,8?,9?,10?/m1/s1. The van der Waals surface area contributed by atoms with Crippen molar-refractivity contribution < 1.29 is 0 Å². The first-order valence-corrected chi connectivity index (χ1v) is 7.06. The van der Waals surface area contributed by atoms with E-state index in [1.54, 1.807) is 7.05 Å². The summed E-state index contributed by atoms with van der Waals surface area (Å²) in [5.74, 6) is 1.06. The SMILES string of the molecule is C/N=C(\N)NC(N)CNC1CCC(Br)C[C@H]1C. The first-order chi connectivity index (χ1) is 8.02. The molecule has 1 rings (SSSR count). The summed E-state index contributed by atoms with van der Waals surface area (Å²) in [6.45, 7) is 2.99. The molecule has 1 aliphatic rings. The Morgan fingerprint density at radius 2 is 2.24 bits per heavy atom. The molecule has 0 aromatic carbocycles. The van der Waals surface area contributed by atoms with Crippen LogP contribution in [-0.4, -0.2) is 36.6 Å². The molecule has 0 aromatic rings. The minimum Gasteiger partial charge on any atom is -0.370 e. The predicted molar refractivity (Wildman–Crippen MR) is 76.2 cm³/mol. The van der Waals surface area contributed by atoms with E-state index >= 15 is 0 Å². The molecule has 0 radical (unpaired) electrons. The largest absolute Gasteiger partial charge is 0.370 e. The third-order valence-electron chi connectivity index (χ3n) is 3.28. The third-order valence-corrected chi connectivity index (χ3v) is 4.11. The van der Waals surface area contributed by atoms with Crippen LogP contribution in [0.15, 0.2) is 4.99 Å². The van der Waals surface area contributed by atoms with Crippen molar-refractivity contribution in [2.75, 3.05) is 13.6 Å². The topological polar surface area (TPSA) is 88.5 Å². The molecule has 5 nitrogen and oxygen atoms in total. The first-order valence-electron chi connectivity index (χ1n) is 6.14. The lowest BCUT2D eigenvalue weighted by atomic mass is 9.86.